The van der Waals surface area contributed by atoms with Crippen molar-refractivity contribution in [2.45, 2.75) is 20.3 Å². The number of aromatic hydroxyl groups is 1. The molecule has 0 spiro atoms. The molecule has 0 aliphatic heterocycles. The second kappa shape index (κ2) is 7.09. The van der Waals surface area contributed by atoms with Gasteiger partial charge in [-0.3, -0.25) is 0 Å². The van der Waals surface area contributed by atoms with Gasteiger partial charge < -0.3 is 9.94 Å². The van der Waals surface area contributed by atoms with Crippen molar-refractivity contribution in [3.8, 4) is 5.75 Å². The second-order valence-electron chi connectivity index (χ2n) is 4.73. The third-order valence-corrected chi connectivity index (χ3v) is 3.36. The number of carbonyl (C=O) groups is 1. The standard InChI is InChI=1S/C17H16ClNO3/c1-3-12-4-9-16(21)15(10-12)17(19-22-11(2)20)13-5-7-14(18)8-6-13/h4-10,21H,3H2,1-2H3/b19-17+. The molecule has 0 bridgehead atoms. The molecule has 2 aromatic carbocycles. The zero-order chi connectivity index (χ0) is 16.1. The first-order valence-corrected chi connectivity index (χ1v) is 7.23. The molecule has 0 atom stereocenters. The number of aryl methyl sites for hydroxylation is 1. The zero-order valence-electron chi connectivity index (χ0n) is 12.3. The molecule has 4 nitrogen and oxygen atoms in total. The van der Waals surface area contributed by atoms with Crippen molar-refractivity contribution >= 4 is 23.3 Å². The molecule has 0 aromatic heterocycles. The fraction of sp³-hybridized carbons (Fsp3) is 0.176. The fourth-order valence-electron chi connectivity index (χ4n) is 1.97. The number of hydrogen-bond donors (Lipinski definition) is 1. The molecule has 0 unspecified atom stereocenters. The van der Waals surface area contributed by atoms with Crippen molar-refractivity contribution in [3.05, 3.63) is 64.2 Å². The van der Waals surface area contributed by atoms with E-state index in [0.717, 1.165) is 12.0 Å². The van der Waals surface area contributed by atoms with Gasteiger partial charge >= 0.3 is 5.97 Å². The second-order valence-corrected chi connectivity index (χ2v) is 5.17. The molecule has 0 fully saturated rings. The van der Waals surface area contributed by atoms with Crippen molar-refractivity contribution in [2.24, 2.45) is 5.16 Å². The molecule has 0 aliphatic carbocycles. The van der Waals surface area contributed by atoms with Gasteiger partial charge in [0.05, 0.1) is 0 Å². The SMILES string of the molecule is CCc1ccc(O)c(/C(=N/OC(C)=O)c2ccc(Cl)cc2)c1. The van der Waals surface area contributed by atoms with Gasteiger partial charge in [0.1, 0.15) is 11.5 Å². The lowest BCUT2D eigenvalue weighted by Crippen LogP contribution is -2.07. The summed E-state index contributed by atoms with van der Waals surface area (Å²) in [5.74, 6) is -0.462. The molecule has 1 N–H and O–H groups in total. The summed E-state index contributed by atoms with van der Waals surface area (Å²) in [5.41, 5.74) is 2.61. The molecular formula is C17H16ClNO3. The van der Waals surface area contributed by atoms with Crippen LogP contribution >= 0.6 is 11.6 Å². The van der Waals surface area contributed by atoms with Gasteiger partial charge in [-0.05, 0) is 36.2 Å². The Morgan fingerprint density at radius 1 is 1.23 bits per heavy atom. The minimum Gasteiger partial charge on any atom is -0.507 e. The number of halogens is 1. The van der Waals surface area contributed by atoms with E-state index in [2.05, 4.69) is 5.16 Å². The first-order valence-electron chi connectivity index (χ1n) is 6.85. The van der Waals surface area contributed by atoms with E-state index in [1.165, 1.54) is 6.92 Å². The average Bonchev–Trinajstić information content (AvgIpc) is 2.50. The molecule has 0 radical (unpaired) electrons. The Balaban J connectivity index is 2.55. The lowest BCUT2D eigenvalue weighted by atomic mass is 9.99. The normalized spacial score (nSPS) is 11.3. The van der Waals surface area contributed by atoms with Gasteiger partial charge in [-0.25, -0.2) is 4.79 Å². The minimum atomic E-state index is -0.530. The number of benzene rings is 2. The molecular weight excluding hydrogens is 302 g/mol. The van der Waals surface area contributed by atoms with Crippen molar-refractivity contribution in [1.82, 2.24) is 0 Å². The zero-order valence-corrected chi connectivity index (χ0v) is 13.1. The topological polar surface area (TPSA) is 58.9 Å². The lowest BCUT2D eigenvalue weighted by molar-refractivity contribution is -0.140. The van der Waals surface area contributed by atoms with E-state index in [1.54, 1.807) is 30.3 Å². The Hall–Kier alpha value is -2.33. The molecule has 0 heterocycles. The van der Waals surface area contributed by atoms with Crippen molar-refractivity contribution < 1.29 is 14.7 Å². The van der Waals surface area contributed by atoms with E-state index in [4.69, 9.17) is 16.4 Å². The Bertz CT molecular complexity index is 708. The van der Waals surface area contributed by atoms with Crippen LogP contribution in [0.25, 0.3) is 0 Å². The summed E-state index contributed by atoms with van der Waals surface area (Å²) in [5, 5.41) is 14.6. The highest BCUT2D eigenvalue weighted by atomic mass is 35.5. The van der Waals surface area contributed by atoms with Gasteiger partial charge in [0.15, 0.2) is 0 Å². The molecule has 2 aromatic rings. The van der Waals surface area contributed by atoms with Gasteiger partial charge in [-0.2, -0.15) is 0 Å². The Labute approximate surface area is 134 Å². The van der Waals surface area contributed by atoms with Crippen LogP contribution in [-0.4, -0.2) is 16.8 Å². The Kier molecular flexibility index (Phi) is 5.17. The summed E-state index contributed by atoms with van der Waals surface area (Å²) in [7, 11) is 0. The third-order valence-electron chi connectivity index (χ3n) is 3.11. The maximum Gasteiger partial charge on any atom is 0.332 e. The number of hydrogen-bond acceptors (Lipinski definition) is 4. The monoisotopic (exact) mass is 317 g/mol. The lowest BCUT2D eigenvalue weighted by Gasteiger charge is -2.10. The smallest absolute Gasteiger partial charge is 0.332 e. The van der Waals surface area contributed by atoms with Crippen LogP contribution in [0.15, 0.2) is 47.6 Å². The highest BCUT2D eigenvalue weighted by Gasteiger charge is 2.14. The molecule has 114 valence electrons. The first-order chi connectivity index (χ1) is 10.5. The van der Waals surface area contributed by atoms with Crippen molar-refractivity contribution in [3.63, 3.8) is 0 Å². The van der Waals surface area contributed by atoms with Gasteiger partial charge in [-0.1, -0.05) is 41.9 Å². The Morgan fingerprint density at radius 3 is 2.50 bits per heavy atom. The van der Waals surface area contributed by atoms with E-state index in [-0.39, 0.29) is 5.75 Å². The van der Waals surface area contributed by atoms with Crippen LogP contribution in [0.4, 0.5) is 0 Å². The predicted octanol–water partition coefficient (Wildman–Crippen LogP) is 3.92. The van der Waals surface area contributed by atoms with Crippen LogP contribution in [-0.2, 0) is 16.1 Å². The largest absolute Gasteiger partial charge is 0.507 e. The van der Waals surface area contributed by atoms with E-state index in [1.807, 2.05) is 19.1 Å². The average molecular weight is 318 g/mol. The maximum absolute atomic E-state index is 11.1. The van der Waals surface area contributed by atoms with Gasteiger partial charge in [0.2, 0.25) is 0 Å². The summed E-state index contributed by atoms with van der Waals surface area (Å²) >= 11 is 5.89. The highest BCUT2D eigenvalue weighted by molar-refractivity contribution is 6.30. The molecule has 0 amide bonds. The van der Waals surface area contributed by atoms with Crippen molar-refractivity contribution in [2.75, 3.05) is 0 Å². The van der Waals surface area contributed by atoms with Crippen LogP contribution in [0, 0.1) is 0 Å². The molecule has 0 saturated heterocycles. The number of nitrogens with zero attached hydrogens (tertiary/aromatic N) is 1. The number of phenols is 1. The number of carbonyl (C=O) groups excluding carboxylic acids is 1. The van der Waals surface area contributed by atoms with Crippen molar-refractivity contribution in [1.29, 1.82) is 0 Å². The quantitative estimate of drug-likeness (QED) is 0.528. The summed E-state index contributed by atoms with van der Waals surface area (Å²) in [6.45, 7) is 3.28. The summed E-state index contributed by atoms with van der Waals surface area (Å²) in [4.78, 5) is 15.8. The molecule has 22 heavy (non-hydrogen) atoms. The molecule has 0 aliphatic rings. The van der Waals surface area contributed by atoms with E-state index in [0.29, 0.717) is 21.9 Å². The van der Waals surface area contributed by atoms with Crippen LogP contribution in [0.2, 0.25) is 5.02 Å². The predicted molar refractivity (Wildman–Crippen MR) is 86.3 cm³/mol. The van der Waals surface area contributed by atoms with E-state index < -0.39 is 5.97 Å². The summed E-state index contributed by atoms with van der Waals surface area (Å²) in [6.07, 6.45) is 0.814. The van der Waals surface area contributed by atoms with Crippen LogP contribution in [0.1, 0.15) is 30.5 Å². The van der Waals surface area contributed by atoms with Gasteiger partial charge in [0, 0.05) is 23.1 Å². The third kappa shape index (κ3) is 3.86. The number of phenolic OH excluding ortho intramolecular Hbond substituents is 1. The Morgan fingerprint density at radius 2 is 1.91 bits per heavy atom. The molecule has 2 rings (SSSR count). The highest BCUT2D eigenvalue weighted by Crippen LogP contribution is 2.24. The molecule has 0 saturated carbocycles. The molecule has 5 heteroatoms. The maximum atomic E-state index is 11.1. The van der Waals surface area contributed by atoms with Crippen LogP contribution in [0.5, 0.6) is 5.75 Å². The van der Waals surface area contributed by atoms with Crippen LogP contribution < -0.4 is 0 Å². The van der Waals surface area contributed by atoms with Crippen LogP contribution in [0.3, 0.4) is 0 Å². The summed E-state index contributed by atoms with van der Waals surface area (Å²) < 4.78 is 0. The van der Waals surface area contributed by atoms with E-state index in [9.17, 15) is 9.90 Å². The van der Waals surface area contributed by atoms with Gasteiger partial charge in [-0.15, -0.1) is 0 Å². The summed E-state index contributed by atoms with van der Waals surface area (Å²) in [6, 6.07) is 12.2. The van der Waals surface area contributed by atoms with Gasteiger partial charge in [0.25, 0.3) is 0 Å². The number of rotatable bonds is 4. The fourth-order valence-corrected chi connectivity index (χ4v) is 2.09. The minimum absolute atomic E-state index is 0.0676. The first kappa shape index (κ1) is 16.0. The van der Waals surface area contributed by atoms with E-state index >= 15 is 0 Å². The number of oxime groups is 1.